The first-order valence-corrected chi connectivity index (χ1v) is 15.8. The van der Waals surface area contributed by atoms with E-state index in [1.54, 1.807) is 4.68 Å². The van der Waals surface area contributed by atoms with Gasteiger partial charge in [0.25, 0.3) is 5.91 Å². The lowest BCUT2D eigenvalue weighted by Crippen LogP contribution is -2.44. The zero-order valence-electron chi connectivity index (χ0n) is 26.5. The van der Waals surface area contributed by atoms with Gasteiger partial charge in [-0.05, 0) is 56.3 Å². The summed E-state index contributed by atoms with van der Waals surface area (Å²) in [4.78, 5) is 29.6. The third-order valence-electron chi connectivity index (χ3n) is 8.59. The Kier molecular flexibility index (Phi) is 9.68. The lowest BCUT2D eigenvalue weighted by atomic mass is 9.93. The fraction of sp³-hybridized carbons (Fsp3) is 0.412. The van der Waals surface area contributed by atoms with E-state index in [1.807, 2.05) is 49.6 Å². The Labute approximate surface area is 265 Å². The number of hydrogen-bond acceptors (Lipinski definition) is 9. The minimum absolute atomic E-state index is 0.165. The van der Waals surface area contributed by atoms with Crippen molar-refractivity contribution < 1.29 is 9.53 Å². The van der Waals surface area contributed by atoms with Gasteiger partial charge in [-0.1, -0.05) is 36.4 Å². The molecule has 45 heavy (non-hydrogen) atoms. The second kappa shape index (κ2) is 14.2. The average Bonchev–Trinajstić information content (AvgIpc) is 3.42. The van der Waals surface area contributed by atoms with E-state index in [2.05, 4.69) is 67.7 Å². The number of ether oxygens (including phenoxy) is 1. The summed E-state index contributed by atoms with van der Waals surface area (Å²) in [5, 5.41) is 11.0. The van der Waals surface area contributed by atoms with Crippen LogP contribution in [0.15, 0.2) is 60.8 Å². The first kappa shape index (κ1) is 30.7. The number of carbonyl (C=O) groups is 1. The highest BCUT2D eigenvalue weighted by molar-refractivity contribution is 5.96. The number of hydrogen-bond donors (Lipinski definition) is 2. The fourth-order valence-corrected chi connectivity index (χ4v) is 5.89. The van der Waals surface area contributed by atoms with Gasteiger partial charge in [0.15, 0.2) is 5.69 Å². The lowest BCUT2D eigenvalue weighted by molar-refractivity contribution is 0.0503. The largest absolute Gasteiger partial charge is 0.379 e. The third-order valence-corrected chi connectivity index (χ3v) is 8.59. The molecule has 2 aliphatic heterocycles. The number of piperazine rings is 1. The SMILES string of the molecule is CN1CCN(c2cccc(Nc3ncc4c(n3)-c3c(c(C(=O)NCc5ccccc5)nn3C)CC4)c2)CC1.CN1CCOCC1. The van der Waals surface area contributed by atoms with Gasteiger partial charge in [0, 0.05) is 76.0 Å². The minimum atomic E-state index is -0.165. The Balaban J connectivity index is 0.000000452. The molecule has 0 bridgehead atoms. The molecule has 1 aliphatic carbocycles. The van der Waals surface area contributed by atoms with Gasteiger partial charge in [0.1, 0.15) is 0 Å². The predicted octanol–water partition coefficient (Wildman–Crippen LogP) is 3.35. The van der Waals surface area contributed by atoms with E-state index >= 15 is 0 Å². The second-order valence-corrected chi connectivity index (χ2v) is 11.9. The van der Waals surface area contributed by atoms with Crippen molar-refractivity contribution in [2.75, 3.05) is 76.8 Å². The van der Waals surface area contributed by atoms with E-state index in [4.69, 9.17) is 9.72 Å². The fourth-order valence-electron chi connectivity index (χ4n) is 5.89. The Hall–Kier alpha value is -4.32. The smallest absolute Gasteiger partial charge is 0.272 e. The number of carbonyl (C=O) groups excluding carboxylic acids is 1. The van der Waals surface area contributed by atoms with E-state index in [0.717, 1.165) is 99.1 Å². The summed E-state index contributed by atoms with van der Waals surface area (Å²) in [5.74, 6) is 0.366. The van der Waals surface area contributed by atoms with E-state index in [-0.39, 0.29) is 5.91 Å². The Morgan fingerprint density at radius 2 is 1.64 bits per heavy atom. The average molecular weight is 610 g/mol. The molecule has 4 aromatic rings. The van der Waals surface area contributed by atoms with Crippen LogP contribution in [0, 0.1) is 0 Å². The maximum atomic E-state index is 13.1. The van der Waals surface area contributed by atoms with Crippen LogP contribution in [0.25, 0.3) is 11.4 Å². The Morgan fingerprint density at radius 3 is 2.38 bits per heavy atom. The van der Waals surface area contributed by atoms with Gasteiger partial charge in [-0.15, -0.1) is 0 Å². The lowest BCUT2D eigenvalue weighted by Gasteiger charge is -2.34. The van der Waals surface area contributed by atoms with E-state index in [1.165, 1.54) is 5.69 Å². The molecule has 3 aliphatic rings. The molecule has 2 fully saturated rings. The van der Waals surface area contributed by atoms with Gasteiger partial charge >= 0.3 is 0 Å². The molecule has 11 nitrogen and oxygen atoms in total. The third kappa shape index (κ3) is 7.50. The molecule has 0 atom stereocenters. The number of nitrogens with zero attached hydrogens (tertiary/aromatic N) is 7. The van der Waals surface area contributed by atoms with Crippen molar-refractivity contribution in [2.24, 2.45) is 7.05 Å². The normalized spacial score (nSPS) is 16.6. The number of aryl methyl sites for hydroxylation is 2. The van der Waals surface area contributed by atoms with Gasteiger partial charge in [-0.2, -0.15) is 5.10 Å². The topological polar surface area (TPSA) is 104 Å². The predicted molar refractivity (Wildman–Crippen MR) is 177 cm³/mol. The van der Waals surface area contributed by atoms with Crippen LogP contribution in [-0.4, -0.2) is 102 Å². The molecule has 0 spiro atoms. The highest BCUT2D eigenvalue weighted by Gasteiger charge is 2.29. The molecule has 1 amide bonds. The maximum absolute atomic E-state index is 13.1. The number of amides is 1. The van der Waals surface area contributed by atoms with Gasteiger partial charge in [-0.25, -0.2) is 9.97 Å². The molecular weight excluding hydrogens is 566 g/mol. The van der Waals surface area contributed by atoms with Crippen molar-refractivity contribution in [1.29, 1.82) is 0 Å². The summed E-state index contributed by atoms with van der Waals surface area (Å²) in [7, 11) is 6.15. The highest BCUT2D eigenvalue weighted by Crippen LogP contribution is 2.34. The van der Waals surface area contributed by atoms with Crippen molar-refractivity contribution >= 4 is 23.2 Å². The van der Waals surface area contributed by atoms with Gasteiger partial charge in [0.2, 0.25) is 5.95 Å². The summed E-state index contributed by atoms with van der Waals surface area (Å²) in [5.41, 5.74) is 7.38. The molecule has 7 rings (SSSR count). The summed E-state index contributed by atoms with van der Waals surface area (Å²) in [6.45, 7) is 8.63. The summed E-state index contributed by atoms with van der Waals surface area (Å²) < 4.78 is 6.87. The van der Waals surface area contributed by atoms with Crippen LogP contribution in [0.1, 0.15) is 27.2 Å². The molecule has 2 saturated heterocycles. The molecule has 0 saturated carbocycles. The molecule has 0 radical (unpaired) electrons. The van der Waals surface area contributed by atoms with E-state index in [9.17, 15) is 4.79 Å². The van der Waals surface area contributed by atoms with Gasteiger partial charge in [-0.3, -0.25) is 9.48 Å². The Bertz CT molecular complexity index is 1590. The summed E-state index contributed by atoms with van der Waals surface area (Å²) in [6, 6.07) is 18.3. The summed E-state index contributed by atoms with van der Waals surface area (Å²) >= 11 is 0. The van der Waals surface area contributed by atoms with Crippen molar-refractivity contribution in [3.05, 3.63) is 83.2 Å². The van der Waals surface area contributed by atoms with Crippen LogP contribution in [0.2, 0.25) is 0 Å². The molecule has 4 heterocycles. The van der Waals surface area contributed by atoms with Crippen molar-refractivity contribution in [2.45, 2.75) is 19.4 Å². The van der Waals surface area contributed by atoms with Crippen molar-refractivity contribution in [1.82, 2.24) is 34.9 Å². The highest BCUT2D eigenvalue weighted by atomic mass is 16.5. The first-order chi connectivity index (χ1) is 21.9. The zero-order valence-corrected chi connectivity index (χ0v) is 26.5. The molecule has 11 heteroatoms. The van der Waals surface area contributed by atoms with Crippen molar-refractivity contribution in [3.63, 3.8) is 0 Å². The number of anilines is 3. The van der Waals surface area contributed by atoms with Gasteiger partial charge < -0.3 is 30.1 Å². The molecule has 236 valence electrons. The van der Waals surface area contributed by atoms with Crippen LogP contribution in [-0.2, 0) is 31.2 Å². The van der Waals surface area contributed by atoms with Crippen LogP contribution < -0.4 is 15.5 Å². The van der Waals surface area contributed by atoms with Crippen LogP contribution in [0.3, 0.4) is 0 Å². The summed E-state index contributed by atoms with van der Waals surface area (Å²) in [6.07, 6.45) is 3.39. The van der Waals surface area contributed by atoms with E-state index < -0.39 is 0 Å². The van der Waals surface area contributed by atoms with Crippen LogP contribution in [0.4, 0.5) is 17.3 Å². The first-order valence-electron chi connectivity index (χ1n) is 15.8. The monoisotopic (exact) mass is 609 g/mol. The molecule has 2 N–H and O–H groups in total. The zero-order chi connectivity index (χ0) is 31.2. The number of likely N-dealkylation sites (N-methyl/N-ethyl adjacent to an activating group) is 2. The van der Waals surface area contributed by atoms with Crippen LogP contribution >= 0.6 is 0 Å². The number of nitrogens with one attached hydrogen (secondary N) is 2. The number of aromatic nitrogens is 4. The van der Waals surface area contributed by atoms with E-state index in [0.29, 0.717) is 18.2 Å². The molecule has 2 aromatic carbocycles. The quantitative estimate of drug-likeness (QED) is 0.341. The van der Waals surface area contributed by atoms with Crippen molar-refractivity contribution in [3.8, 4) is 11.4 Å². The maximum Gasteiger partial charge on any atom is 0.272 e. The molecule has 2 aromatic heterocycles. The number of benzene rings is 2. The van der Waals surface area contributed by atoms with Crippen LogP contribution in [0.5, 0.6) is 0 Å². The van der Waals surface area contributed by atoms with Gasteiger partial charge in [0.05, 0.1) is 24.6 Å². The molecular formula is C34H43N9O2. The minimum Gasteiger partial charge on any atom is -0.379 e. The number of fused-ring (bicyclic) bond motifs is 3. The number of rotatable bonds is 6. The standard InChI is InChI=1S/C29H32N8O.C5H11NO/c1-35-13-15-37(16-14-35)23-10-6-9-22(17-23)32-29-31-19-21-11-12-24-26(34-36(2)27(24)25(21)33-29)28(38)30-18-20-7-4-3-5-8-20;1-6-2-4-7-5-3-6/h3-10,17,19H,11-16,18H2,1-2H3,(H,30,38)(H,31,32,33);2-5H2,1H3. The number of morpholine rings is 1. The second-order valence-electron chi connectivity index (χ2n) is 11.9. The Morgan fingerprint density at radius 1 is 0.889 bits per heavy atom. The molecule has 0 unspecified atom stereocenters.